The first kappa shape index (κ1) is 12.3. The Bertz CT molecular complexity index is 960. The molecule has 0 saturated carbocycles. The van der Waals surface area contributed by atoms with Crippen molar-refractivity contribution in [3.63, 3.8) is 0 Å². The van der Waals surface area contributed by atoms with E-state index >= 15 is 0 Å². The van der Waals surface area contributed by atoms with Crippen molar-refractivity contribution < 1.29 is 9.13 Å². The summed E-state index contributed by atoms with van der Waals surface area (Å²) in [5.41, 5.74) is 1.45. The van der Waals surface area contributed by atoms with Crippen molar-refractivity contribution in [2.75, 3.05) is 7.11 Å². The lowest BCUT2D eigenvalue weighted by atomic mass is 10.2. The van der Waals surface area contributed by atoms with Gasteiger partial charge in [-0.1, -0.05) is 6.07 Å². The Morgan fingerprint density at radius 1 is 1.14 bits per heavy atom. The van der Waals surface area contributed by atoms with Crippen LogP contribution in [0.3, 0.4) is 0 Å². The molecule has 0 bridgehead atoms. The molecule has 104 valence electrons. The van der Waals surface area contributed by atoms with Gasteiger partial charge in [-0.25, -0.2) is 9.37 Å². The Balaban J connectivity index is 1.87. The highest BCUT2D eigenvalue weighted by Crippen LogP contribution is 2.33. The maximum Gasteiger partial charge on any atom is 0.215 e. The standard InChI is InChI=1S/C15H10FN3OS/c1-20-13-5-4-10-14(18-13)19-15(17-10)12-6-8-2-3-9(16)7-11(8)21-12/h2-7H,1H3,(H,17,18,19). The molecule has 0 aliphatic heterocycles. The van der Waals surface area contributed by atoms with E-state index in [1.165, 1.54) is 23.5 Å². The summed E-state index contributed by atoms with van der Waals surface area (Å²) in [5, 5.41) is 1.00. The average Bonchev–Trinajstić information content (AvgIpc) is 3.08. The van der Waals surface area contributed by atoms with Crippen LogP contribution >= 0.6 is 11.3 Å². The number of aromatic amines is 1. The molecule has 4 rings (SSSR count). The molecule has 3 heterocycles. The summed E-state index contributed by atoms with van der Waals surface area (Å²) in [5.74, 6) is 1.03. The highest BCUT2D eigenvalue weighted by atomic mass is 32.1. The van der Waals surface area contributed by atoms with E-state index in [0.29, 0.717) is 11.5 Å². The molecule has 6 heteroatoms. The number of halogens is 1. The van der Waals surface area contributed by atoms with Crippen molar-refractivity contribution in [2.45, 2.75) is 0 Å². The lowest BCUT2D eigenvalue weighted by Crippen LogP contribution is -1.86. The van der Waals surface area contributed by atoms with Crippen LogP contribution in [-0.4, -0.2) is 22.1 Å². The first-order valence-electron chi connectivity index (χ1n) is 6.33. The molecule has 0 unspecified atom stereocenters. The van der Waals surface area contributed by atoms with Gasteiger partial charge in [0.1, 0.15) is 5.82 Å². The highest BCUT2D eigenvalue weighted by molar-refractivity contribution is 7.22. The van der Waals surface area contributed by atoms with Crippen LogP contribution in [0.2, 0.25) is 0 Å². The van der Waals surface area contributed by atoms with E-state index in [1.807, 2.05) is 12.1 Å². The first-order valence-corrected chi connectivity index (χ1v) is 7.15. The van der Waals surface area contributed by atoms with E-state index in [2.05, 4.69) is 15.0 Å². The van der Waals surface area contributed by atoms with Crippen LogP contribution in [0.5, 0.6) is 5.88 Å². The Kier molecular flexibility index (Phi) is 2.65. The number of rotatable bonds is 2. The number of nitrogens with zero attached hydrogens (tertiary/aromatic N) is 2. The fourth-order valence-corrected chi connectivity index (χ4v) is 3.26. The maximum atomic E-state index is 13.3. The van der Waals surface area contributed by atoms with Crippen molar-refractivity contribution in [1.29, 1.82) is 0 Å². The van der Waals surface area contributed by atoms with Gasteiger partial charge >= 0.3 is 0 Å². The summed E-state index contributed by atoms with van der Waals surface area (Å²) in [6.45, 7) is 0. The van der Waals surface area contributed by atoms with Gasteiger partial charge < -0.3 is 9.72 Å². The smallest absolute Gasteiger partial charge is 0.215 e. The molecule has 21 heavy (non-hydrogen) atoms. The van der Waals surface area contributed by atoms with Gasteiger partial charge in [-0.05, 0) is 29.7 Å². The quantitative estimate of drug-likeness (QED) is 0.609. The summed E-state index contributed by atoms with van der Waals surface area (Å²) >= 11 is 1.50. The summed E-state index contributed by atoms with van der Waals surface area (Å²) in [6.07, 6.45) is 0. The molecule has 4 nitrogen and oxygen atoms in total. The topological polar surface area (TPSA) is 50.8 Å². The Morgan fingerprint density at radius 3 is 2.90 bits per heavy atom. The zero-order valence-corrected chi connectivity index (χ0v) is 11.9. The second kappa shape index (κ2) is 4.53. The molecule has 4 aromatic rings. The van der Waals surface area contributed by atoms with Crippen LogP contribution in [0.1, 0.15) is 0 Å². The van der Waals surface area contributed by atoms with E-state index < -0.39 is 0 Å². The third kappa shape index (κ3) is 2.04. The fraction of sp³-hybridized carbons (Fsp3) is 0.0667. The lowest BCUT2D eigenvalue weighted by molar-refractivity contribution is 0.399. The first-order chi connectivity index (χ1) is 10.2. The van der Waals surface area contributed by atoms with Gasteiger partial charge in [-0.2, -0.15) is 4.98 Å². The van der Waals surface area contributed by atoms with Gasteiger partial charge in [0.15, 0.2) is 11.5 Å². The van der Waals surface area contributed by atoms with Crippen LogP contribution in [-0.2, 0) is 0 Å². The number of hydrogen-bond donors (Lipinski definition) is 1. The number of benzene rings is 1. The van der Waals surface area contributed by atoms with Crippen molar-refractivity contribution in [3.05, 3.63) is 42.2 Å². The predicted octanol–water partition coefficient (Wildman–Crippen LogP) is 3.99. The number of aromatic nitrogens is 3. The number of ether oxygens (including phenoxy) is 1. The van der Waals surface area contributed by atoms with Crippen molar-refractivity contribution in [2.24, 2.45) is 0 Å². The van der Waals surface area contributed by atoms with Crippen molar-refractivity contribution >= 4 is 32.6 Å². The molecule has 0 aliphatic rings. The maximum absolute atomic E-state index is 13.3. The monoisotopic (exact) mass is 299 g/mol. The van der Waals surface area contributed by atoms with Crippen LogP contribution in [0, 0.1) is 5.82 Å². The zero-order valence-electron chi connectivity index (χ0n) is 11.1. The van der Waals surface area contributed by atoms with Crippen LogP contribution in [0.4, 0.5) is 4.39 Å². The van der Waals surface area contributed by atoms with E-state index in [0.717, 1.165) is 26.3 Å². The second-order valence-electron chi connectivity index (χ2n) is 4.60. The molecule has 0 spiro atoms. The molecule has 1 aromatic carbocycles. The summed E-state index contributed by atoms with van der Waals surface area (Å²) < 4.78 is 19.3. The zero-order chi connectivity index (χ0) is 14.4. The number of nitrogens with one attached hydrogen (secondary N) is 1. The van der Waals surface area contributed by atoms with Gasteiger partial charge in [-0.15, -0.1) is 11.3 Å². The molecule has 0 aliphatic carbocycles. The summed E-state index contributed by atoms with van der Waals surface area (Å²) in [4.78, 5) is 12.9. The van der Waals surface area contributed by atoms with Gasteiger partial charge in [0, 0.05) is 10.8 Å². The minimum atomic E-state index is -0.230. The number of H-pyrrole nitrogens is 1. The number of imidazole rings is 1. The van der Waals surface area contributed by atoms with Gasteiger partial charge in [0.05, 0.1) is 17.5 Å². The third-order valence-electron chi connectivity index (χ3n) is 3.25. The minimum absolute atomic E-state index is 0.230. The molecule has 0 radical (unpaired) electrons. The molecule has 1 N–H and O–H groups in total. The van der Waals surface area contributed by atoms with Crippen molar-refractivity contribution in [1.82, 2.24) is 15.0 Å². The Hall–Kier alpha value is -2.47. The molecule has 3 aromatic heterocycles. The Morgan fingerprint density at radius 2 is 2.05 bits per heavy atom. The van der Waals surface area contributed by atoms with Crippen LogP contribution in [0.15, 0.2) is 36.4 Å². The second-order valence-corrected chi connectivity index (χ2v) is 5.69. The number of pyridine rings is 1. The van der Waals surface area contributed by atoms with Gasteiger partial charge in [0.2, 0.25) is 5.88 Å². The number of thiophene rings is 1. The number of fused-ring (bicyclic) bond motifs is 2. The van der Waals surface area contributed by atoms with E-state index in [4.69, 9.17) is 4.74 Å². The third-order valence-corrected chi connectivity index (χ3v) is 4.35. The van der Waals surface area contributed by atoms with E-state index in [-0.39, 0.29) is 5.82 Å². The predicted molar refractivity (Wildman–Crippen MR) is 81.2 cm³/mol. The van der Waals surface area contributed by atoms with E-state index in [9.17, 15) is 4.39 Å². The number of hydrogen-bond acceptors (Lipinski definition) is 4. The molecule has 0 atom stereocenters. The average molecular weight is 299 g/mol. The molecule has 0 fully saturated rings. The van der Waals surface area contributed by atoms with E-state index in [1.54, 1.807) is 19.2 Å². The van der Waals surface area contributed by atoms with Crippen LogP contribution in [0.25, 0.3) is 32.0 Å². The van der Waals surface area contributed by atoms with Gasteiger partial charge in [0.25, 0.3) is 0 Å². The Labute approximate surface area is 123 Å². The normalized spacial score (nSPS) is 11.3. The molecule has 0 saturated heterocycles. The highest BCUT2D eigenvalue weighted by Gasteiger charge is 2.11. The summed E-state index contributed by atoms with van der Waals surface area (Å²) in [7, 11) is 1.57. The van der Waals surface area contributed by atoms with Gasteiger partial charge in [-0.3, -0.25) is 0 Å². The number of methoxy groups -OCH3 is 1. The molecular weight excluding hydrogens is 289 g/mol. The van der Waals surface area contributed by atoms with Crippen molar-refractivity contribution in [3.8, 4) is 16.6 Å². The minimum Gasteiger partial charge on any atom is -0.481 e. The SMILES string of the molecule is COc1ccc2[nH]c(-c3cc4ccc(F)cc4s3)nc2n1. The molecular formula is C15H10FN3OS. The lowest BCUT2D eigenvalue weighted by Gasteiger charge is -1.95. The largest absolute Gasteiger partial charge is 0.481 e. The molecule has 0 amide bonds. The fourth-order valence-electron chi connectivity index (χ4n) is 2.23. The summed E-state index contributed by atoms with van der Waals surface area (Å²) in [6, 6.07) is 10.4. The van der Waals surface area contributed by atoms with Crippen LogP contribution < -0.4 is 4.74 Å².